The maximum atomic E-state index is 4.72. The fraction of sp³-hybridized carbons (Fsp3) is 0.800. The van der Waals surface area contributed by atoms with E-state index in [1.165, 1.54) is 30.7 Å². The van der Waals surface area contributed by atoms with E-state index >= 15 is 0 Å². The quantitative estimate of drug-likeness (QED) is 0.871. The first-order valence-corrected chi connectivity index (χ1v) is 7.87. The van der Waals surface area contributed by atoms with Crippen LogP contribution in [0.2, 0.25) is 0 Å². The van der Waals surface area contributed by atoms with E-state index < -0.39 is 0 Å². The highest BCUT2D eigenvalue weighted by molar-refractivity contribution is 7.09. The van der Waals surface area contributed by atoms with Gasteiger partial charge in [0.05, 0.1) is 5.54 Å². The van der Waals surface area contributed by atoms with Gasteiger partial charge in [0.25, 0.3) is 0 Å². The van der Waals surface area contributed by atoms with Crippen LogP contribution in [0.25, 0.3) is 0 Å². The second-order valence-corrected chi connectivity index (χ2v) is 7.62. The molecule has 0 aliphatic heterocycles. The Hall–Kier alpha value is -0.410. The molecule has 0 saturated heterocycles. The van der Waals surface area contributed by atoms with Gasteiger partial charge in [-0.05, 0) is 51.0 Å². The molecule has 0 atom stereocenters. The molecule has 0 unspecified atom stereocenters. The third kappa shape index (κ3) is 2.62. The fourth-order valence-electron chi connectivity index (χ4n) is 3.12. The number of hydrogen-bond donors (Lipinski definition) is 1. The molecule has 18 heavy (non-hydrogen) atoms. The molecular formula is C15H26N2S. The summed E-state index contributed by atoms with van der Waals surface area (Å²) in [4.78, 5) is 4.72. The van der Waals surface area contributed by atoms with Crippen molar-refractivity contribution in [2.75, 3.05) is 7.05 Å². The van der Waals surface area contributed by atoms with Crippen molar-refractivity contribution >= 4 is 11.3 Å². The lowest BCUT2D eigenvalue weighted by Crippen LogP contribution is -2.44. The minimum absolute atomic E-state index is 0.140. The van der Waals surface area contributed by atoms with Gasteiger partial charge in [0.1, 0.15) is 5.01 Å². The molecule has 0 radical (unpaired) electrons. The van der Waals surface area contributed by atoms with E-state index in [0.29, 0.717) is 5.41 Å². The molecule has 1 fully saturated rings. The van der Waals surface area contributed by atoms with E-state index in [1.807, 2.05) is 11.3 Å². The van der Waals surface area contributed by atoms with Crippen molar-refractivity contribution in [1.29, 1.82) is 0 Å². The minimum atomic E-state index is 0.140. The Balaban J connectivity index is 2.14. The lowest BCUT2D eigenvalue weighted by Gasteiger charge is -2.43. The van der Waals surface area contributed by atoms with Crippen LogP contribution in [-0.2, 0) is 5.54 Å². The standard InChI is InChI=1S/C15H26N2S/c1-11-10-18-13(17-11)15(16-5)8-6-12(7-9-15)14(2,3)4/h10,12,16H,6-9H2,1-5H3. The summed E-state index contributed by atoms with van der Waals surface area (Å²) in [6.45, 7) is 9.21. The van der Waals surface area contributed by atoms with Crippen LogP contribution in [0.3, 0.4) is 0 Å². The Morgan fingerprint density at radius 2 is 1.94 bits per heavy atom. The fourth-order valence-corrected chi connectivity index (χ4v) is 4.18. The maximum Gasteiger partial charge on any atom is 0.113 e. The van der Waals surface area contributed by atoms with Crippen LogP contribution in [0, 0.1) is 18.3 Å². The molecule has 1 aliphatic carbocycles. The number of thiazole rings is 1. The summed E-state index contributed by atoms with van der Waals surface area (Å²) in [7, 11) is 2.09. The number of rotatable bonds is 2. The summed E-state index contributed by atoms with van der Waals surface area (Å²) in [6, 6.07) is 0. The van der Waals surface area contributed by atoms with Crippen LogP contribution in [-0.4, -0.2) is 12.0 Å². The third-order valence-corrected chi connectivity index (χ3v) is 5.74. The molecule has 1 aliphatic rings. The molecule has 0 amide bonds. The van der Waals surface area contributed by atoms with E-state index in [-0.39, 0.29) is 5.54 Å². The molecule has 0 aromatic carbocycles. The van der Waals surface area contributed by atoms with Gasteiger partial charge in [-0.1, -0.05) is 20.8 Å². The van der Waals surface area contributed by atoms with Gasteiger partial charge in [-0.25, -0.2) is 4.98 Å². The SMILES string of the molecule is CNC1(c2nc(C)cs2)CCC(C(C)(C)C)CC1. The van der Waals surface area contributed by atoms with Crippen LogP contribution in [0.5, 0.6) is 0 Å². The lowest BCUT2D eigenvalue weighted by molar-refractivity contribution is 0.117. The van der Waals surface area contributed by atoms with Crippen molar-refractivity contribution in [2.45, 2.75) is 58.9 Å². The molecule has 2 nitrogen and oxygen atoms in total. The molecule has 1 saturated carbocycles. The van der Waals surface area contributed by atoms with Gasteiger partial charge >= 0.3 is 0 Å². The predicted octanol–water partition coefficient (Wildman–Crippen LogP) is 4.10. The molecule has 1 N–H and O–H groups in total. The number of nitrogens with one attached hydrogen (secondary N) is 1. The Morgan fingerprint density at radius 3 is 2.33 bits per heavy atom. The topological polar surface area (TPSA) is 24.9 Å². The monoisotopic (exact) mass is 266 g/mol. The van der Waals surface area contributed by atoms with Crippen LogP contribution in [0.4, 0.5) is 0 Å². The highest BCUT2D eigenvalue weighted by Crippen LogP contribution is 2.45. The molecule has 0 bridgehead atoms. The summed E-state index contributed by atoms with van der Waals surface area (Å²) in [6.07, 6.45) is 5.06. The summed E-state index contributed by atoms with van der Waals surface area (Å²) in [5.41, 5.74) is 1.74. The number of hydrogen-bond acceptors (Lipinski definition) is 3. The highest BCUT2D eigenvalue weighted by atomic mass is 32.1. The molecule has 1 aromatic heterocycles. The second-order valence-electron chi connectivity index (χ2n) is 6.77. The summed E-state index contributed by atoms with van der Waals surface area (Å²) < 4.78 is 0. The third-order valence-electron chi connectivity index (χ3n) is 4.57. The number of nitrogens with zero attached hydrogens (tertiary/aromatic N) is 1. The molecular weight excluding hydrogens is 240 g/mol. The van der Waals surface area contributed by atoms with Crippen molar-refractivity contribution < 1.29 is 0 Å². The van der Waals surface area contributed by atoms with Crippen molar-refractivity contribution in [3.63, 3.8) is 0 Å². The van der Waals surface area contributed by atoms with Crippen molar-refractivity contribution in [3.05, 3.63) is 16.1 Å². The summed E-state index contributed by atoms with van der Waals surface area (Å²) in [5, 5.41) is 7.02. The molecule has 3 heteroatoms. The van der Waals surface area contributed by atoms with Crippen molar-refractivity contribution in [2.24, 2.45) is 11.3 Å². The minimum Gasteiger partial charge on any atom is -0.308 e. The average molecular weight is 266 g/mol. The first-order valence-electron chi connectivity index (χ1n) is 6.99. The zero-order valence-electron chi connectivity index (χ0n) is 12.3. The summed E-state index contributed by atoms with van der Waals surface area (Å²) >= 11 is 1.81. The molecule has 1 heterocycles. The zero-order chi connectivity index (χ0) is 13.4. The van der Waals surface area contributed by atoms with Gasteiger partial charge in [0, 0.05) is 11.1 Å². The first kappa shape index (κ1) is 14.0. The van der Waals surface area contributed by atoms with Crippen LogP contribution >= 0.6 is 11.3 Å². The smallest absolute Gasteiger partial charge is 0.113 e. The Labute approximate surface area is 115 Å². The van der Waals surface area contributed by atoms with Gasteiger partial charge in [-0.2, -0.15) is 0 Å². The van der Waals surface area contributed by atoms with Gasteiger partial charge in [0.2, 0.25) is 0 Å². The van der Waals surface area contributed by atoms with Crippen LogP contribution in [0.15, 0.2) is 5.38 Å². The molecule has 1 aromatic rings. The molecule has 0 spiro atoms. The van der Waals surface area contributed by atoms with Crippen molar-refractivity contribution in [1.82, 2.24) is 10.3 Å². The Bertz CT molecular complexity index is 395. The van der Waals surface area contributed by atoms with Gasteiger partial charge in [-0.15, -0.1) is 11.3 Å². The van der Waals surface area contributed by atoms with E-state index in [1.54, 1.807) is 0 Å². The van der Waals surface area contributed by atoms with Crippen LogP contribution < -0.4 is 5.32 Å². The maximum absolute atomic E-state index is 4.72. The first-order chi connectivity index (χ1) is 8.37. The summed E-state index contributed by atoms with van der Waals surface area (Å²) in [5.74, 6) is 0.847. The lowest BCUT2D eigenvalue weighted by atomic mass is 9.67. The number of aryl methyl sites for hydroxylation is 1. The molecule has 102 valence electrons. The van der Waals surface area contributed by atoms with Gasteiger partial charge in [0.15, 0.2) is 0 Å². The van der Waals surface area contributed by atoms with E-state index in [2.05, 4.69) is 45.4 Å². The largest absolute Gasteiger partial charge is 0.308 e. The van der Waals surface area contributed by atoms with E-state index in [0.717, 1.165) is 11.6 Å². The zero-order valence-corrected chi connectivity index (χ0v) is 13.2. The van der Waals surface area contributed by atoms with Crippen molar-refractivity contribution in [3.8, 4) is 0 Å². The number of aromatic nitrogens is 1. The Morgan fingerprint density at radius 1 is 1.33 bits per heavy atom. The highest BCUT2D eigenvalue weighted by Gasteiger charge is 2.40. The second kappa shape index (κ2) is 4.93. The van der Waals surface area contributed by atoms with E-state index in [9.17, 15) is 0 Å². The average Bonchev–Trinajstić information content (AvgIpc) is 2.75. The van der Waals surface area contributed by atoms with E-state index in [4.69, 9.17) is 4.98 Å². The Kier molecular flexibility index (Phi) is 3.84. The predicted molar refractivity (Wildman–Crippen MR) is 79.0 cm³/mol. The normalized spacial score (nSPS) is 29.5. The van der Waals surface area contributed by atoms with Gasteiger partial charge in [-0.3, -0.25) is 0 Å². The van der Waals surface area contributed by atoms with Gasteiger partial charge < -0.3 is 5.32 Å². The van der Waals surface area contributed by atoms with Crippen LogP contribution in [0.1, 0.15) is 57.2 Å². The molecule has 2 rings (SSSR count).